The lowest BCUT2D eigenvalue weighted by Gasteiger charge is -2.29. The third-order valence-electron chi connectivity index (χ3n) is 10.0. The van der Waals surface area contributed by atoms with Crippen molar-refractivity contribution in [3.05, 3.63) is 95.3 Å². The second kappa shape index (κ2) is 17.5. The number of nitrogens with zero attached hydrogens (tertiary/aromatic N) is 2. The van der Waals surface area contributed by atoms with Gasteiger partial charge in [-0.25, -0.2) is 0 Å². The summed E-state index contributed by atoms with van der Waals surface area (Å²) in [6.45, 7) is 5.60. The van der Waals surface area contributed by atoms with E-state index >= 15 is 0 Å². The topological polar surface area (TPSA) is 264 Å². The molecule has 0 aromatic heterocycles. The van der Waals surface area contributed by atoms with Gasteiger partial charge in [0.25, 0.3) is 30.4 Å². The molecule has 0 saturated heterocycles. The summed E-state index contributed by atoms with van der Waals surface area (Å²) in [6.07, 6.45) is 10.3. The molecule has 2 unspecified atom stereocenters. The van der Waals surface area contributed by atoms with Crippen molar-refractivity contribution in [1.82, 2.24) is 0 Å². The molecule has 57 heavy (non-hydrogen) atoms. The molecule has 4 rings (SSSR count). The highest BCUT2D eigenvalue weighted by atomic mass is 32.2. The first-order chi connectivity index (χ1) is 26.4. The van der Waals surface area contributed by atoms with Gasteiger partial charge in [-0.3, -0.25) is 23.2 Å². The van der Waals surface area contributed by atoms with Crippen LogP contribution in [0.3, 0.4) is 0 Å². The lowest BCUT2D eigenvalue weighted by Crippen LogP contribution is -2.34. The van der Waals surface area contributed by atoms with Gasteiger partial charge in [-0.15, -0.1) is 0 Å². The van der Waals surface area contributed by atoms with Gasteiger partial charge in [-0.05, 0) is 82.0 Å². The fourth-order valence-electron chi connectivity index (χ4n) is 7.44. The van der Waals surface area contributed by atoms with Crippen LogP contribution in [0.5, 0.6) is 5.75 Å². The minimum absolute atomic E-state index is 0.0581. The molecule has 0 amide bonds. The van der Waals surface area contributed by atoms with E-state index < -0.39 is 75.9 Å². The van der Waals surface area contributed by atoms with Crippen molar-refractivity contribution in [2.45, 2.75) is 75.0 Å². The molecular weight excluding hydrogens is 805 g/mol. The van der Waals surface area contributed by atoms with Crippen molar-refractivity contribution in [3.63, 3.8) is 0 Å². The van der Waals surface area contributed by atoms with Crippen molar-refractivity contribution in [2.75, 3.05) is 29.5 Å². The molecule has 16 nitrogen and oxygen atoms in total. The van der Waals surface area contributed by atoms with Gasteiger partial charge in [0.2, 0.25) is 5.69 Å². The van der Waals surface area contributed by atoms with E-state index in [0.29, 0.717) is 45.9 Å². The summed E-state index contributed by atoms with van der Waals surface area (Å²) < 4.78 is 99.3. The van der Waals surface area contributed by atoms with Crippen LogP contribution in [-0.2, 0) is 50.8 Å². The molecule has 0 saturated carbocycles. The van der Waals surface area contributed by atoms with Crippen LogP contribution in [0.15, 0.2) is 89.0 Å². The monoisotopic (exact) mass is 851 g/mol. The summed E-state index contributed by atoms with van der Waals surface area (Å²) in [5, 5.41) is 30.2. The number of aromatic hydroxyl groups is 1. The molecular formula is C38H47N2O14S3+. The zero-order valence-corrected chi connectivity index (χ0v) is 34.0. The summed E-state index contributed by atoms with van der Waals surface area (Å²) >= 11 is 0. The van der Waals surface area contributed by atoms with Gasteiger partial charge in [-0.2, -0.15) is 29.8 Å². The molecule has 2 aliphatic rings. The van der Waals surface area contributed by atoms with Gasteiger partial charge >= 0.3 is 11.9 Å². The van der Waals surface area contributed by atoms with Crippen LogP contribution in [0.4, 0.5) is 11.4 Å². The number of benzene rings is 2. The summed E-state index contributed by atoms with van der Waals surface area (Å²) in [5.41, 5.74) is 1.33. The summed E-state index contributed by atoms with van der Waals surface area (Å²) in [4.78, 5) is 25.7. The van der Waals surface area contributed by atoms with Crippen LogP contribution >= 0.6 is 0 Å². The molecule has 0 radical (unpaired) electrons. The van der Waals surface area contributed by atoms with Crippen molar-refractivity contribution < 1.29 is 68.4 Å². The third-order valence-corrected chi connectivity index (χ3v) is 12.5. The van der Waals surface area contributed by atoms with Crippen molar-refractivity contribution >= 4 is 59.4 Å². The molecule has 19 heteroatoms. The Hall–Kier alpha value is -4.66. The highest BCUT2D eigenvalue weighted by Crippen LogP contribution is 2.51. The second-order valence-corrected chi connectivity index (χ2v) is 19.1. The number of phenols is 1. The molecule has 0 aliphatic carbocycles. The summed E-state index contributed by atoms with van der Waals surface area (Å²) in [7, 11) is -13.1. The third kappa shape index (κ3) is 11.3. The van der Waals surface area contributed by atoms with E-state index in [2.05, 4.69) is 0 Å². The van der Waals surface area contributed by atoms with Crippen molar-refractivity contribution in [3.8, 4) is 5.75 Å². The van der Waals surface area contributed by atoms with Gasteiger partial charge < -0.3 is 20.2 Å². The van der Waals surface area contributed by atoms with Crippen LogP contribution in [0.2, 0.25) is 0 Å². The fourth-order valence-corrected chi connectivity index (χ4v) is 9.08. The minimum atomic E-state index is -4.65. The molecule has 0 bridgehead atoms. The number of unbranched alkanes of at least 4 members (excludes halogenated alkanes) is 2. The highest BCUT2D eigenvalue weighted by molar-refractivity contribution is 7.86. The number of carbonyl (C=O) groups is 2. The van der Waals surface area contributed by atoms with Crippen LogP contribution < -0.4 is 4.90 Å². The van der Waals surface area contributed by atoms with E-state index in [1.165, 1.54) is 30.3 Å². The number of phenolic OH excluding ortho intramolecular Hbond substituents is 1. The van der Waals surface area contributed by atoms with E-state index in [1.807, 2.05) is 4.90 Å². The molecule has 0 fully saturated rings. The first kappa shape index (κ1) is 45.0. The molecule has 310 valence electrons. The van der Waals surface area contributed by atoms with E-state index in [4.69, 9.17) is 0 Å². The Labute approximate surface area is 332 Å². The van der Waals surface area contributed by atoms with E-state index in [-0.39, 0.29) is 44.5 Å². The average molecular weight is 852 g/mol. The smallest absolute Gasteiger partial charge is 0.304 e. The maximum atomic E-state index is 12.2. The number of anilines is 1. The minimum Gasteiger partial charge on any atom is -0.508 e. The van der Waals surface area contributed by atoms with Crippen LogP contribution in [0.1, 0.15) is 70.4 Å². The number of allylic oxidation sites excluding steroid dienone is 8. The van der Waals surface area contributed by atoms with Gasteiger partial charge in [0.15, 0.2) is 5.71 Å². The number of hydrogen-bond donors (Lipinski definition) is 6. The first-order valence-corrected chi connectivity index (χ1v) is 22.5. The Balaban J connectivity index is 1.72. The van der Waals surface area contributed by atoms with Gasteiger partial charge in [0.05, 0.1) is 34.7 Å². The number of carboxylic acids is 2. The molecule has 2 atom stereocenters. The Morgan fingerprint density at radius 1 is 0.789 bits per heavy atom. The summed E-state index contributed by atoms with van der Waals surface area (Å²) in [6, 6.07) is 8.48. The second-order valence-electron chi connectivity index (χ2n) is 14.5. The normalized spacial score (nSPS) is 20.9. The van der Waals surface area contributed by atoms with Crippen molar-refractivity contribution in [2.24, 2.45) is 0 Å². The molecule has 2 heterocycles. The predicted molar refractivity (Wildman–Crippen MR) is 212 cm³/mol. The van der Waals surface area contributed by atoms with E-state index in [9.17, 15) is 63.8 Å². The van der Waals surface area contributed by atoms with E-state index in [1.54, 1.807) is 67.9 Å². The number of rotatable bonds is 19. The zero-order valence-electron chi connectivity index (χ0n) is 31.6. The predicted octanol–water partition coefficient (Wildman–Crippen LogP) is 5.00. The highest BCUT2D eigenvalue weighted by Gasteiger charge is 2.49. The van der Waals surface area contributed by atoms with Gasteiger partial charge in [-0.1, -0.05) is 29.9 Å². The quantitative estimate of drug-likeness (QED) is 0.0470. The molecule has 2 aromatic rings. The van der Waals surface area contributed by atoms with Crippen LogP contribution in [-0.4, -0.2) is 101 Å². The average Bonchev–Trinajstić information content (AvgIpc) is 3.42. The molecule has 6 N–H and O–H groups in total. The first-order valence-electron chi connectivity index (χ1n) is 17.8. The number of carboxylic acid groups (broad SMARTS) is 2. The summed E-state index contributed by atoms with van der Waals surface area (Å²) in [5.74, 6) is -3.26. The Bertz CT molecular complexity index is 2420. The van der Waals surface area contributed by atoms with Gasteiger partial charge in [0.1, 0.15) is 12.3 Å². The standard InChI is InChI=1S/C38H46N2O14S3/c1-26(10-8-12-33-37(2,24-35(42)43)29-22-27(41)14-16-31(29)39(33)18-4-6-20-55(46,47)48)11-9-13-34-38(3,25-36(44)45)30-23-28(57(52,53)54)15-17-32(30)40(34)19-5-7-21-56(49,50)51/h8-17,22-23H,4-7,18-21,24-25H2,1-3H3,(H5-,41,42,43,44,45,46,47,48,49,50,51,52,53,54)/p+1. The number of hydrogen-bond acceptors (Lipinski definition) is 10. The van der Waals surface area contributed by atoms with Crippen molar-refractivity contribution in [1.29, 1.82) is 0 Å². The lowest BCUT2D eigenvalue weighted by molar-refractivity contribution is -0.438. The maximum absolute atomic E-state index is 12.2. The Morgan fingerprint density at radius 3 is 2.00 bits per heavy atom. The SMILES string of the molecule is CC(/C=C/C=C1/N(CCCCS(=O)(=O)O)c2ccc(O)cc2C1(C)CC(=O)O)=C\C=C\C1=[N+](CCCCS(=O)(=O)O)c2ccc(S(=O)(=O)O)cc2C1(C)CC(=O)O. The van der Waals surface area contributed by atoms with E-state index in [0.717, 1.165) is 0 Å². The Morgan fingerprint density at radius 2 is 1.40 bits per heavy atom. The number of fused-ring (bicyclic) bond motifs is 2. The zero-order chi connectivity index (χ0) is 42.6. The van der Waals surface area contributed by atoms with Crippen LogP contribution in [0.25, 0.3) is 0 Å². The largest absolute Gasteiger partial charge is 0.508 e. The Kier molecular flexibility index (Phi) is 13.8. The number of aliphatic carboxylic acids is 2. The van der Waals surface area contributed by atoms with Gasteiger partial charge in [0, 0.05) is 47.5 Å². The maximum Gasteiger partial charge on any atom is 0.304 e. The van der Waals surface area contributed by atoms with Crippen LogP contribution in [0, 0.1) is 0 Å². The lowest BCUT2D eigenvalue weighted by atomic mass is 9.76. The molecule has 2 aliphatic heterocycles. The molecule has 2 aromatic carbocycles. The molecule has 0 spiro atoms. The fraction of sp³-hybridized carbons (Fsp3) is 0.395.